The first-order valence-corrected chi connectivity index (χ1v) is 10.6. The van der Waals surface area contributed by atoms with Crippen LogP contribution in [0, 0.1) is 0 Å². The molecule has 0 nitrogen and oxygen atoms in total. The van der Waals surface area contributed by atoms with E-state index in [1.165, 1.54) is 38.9 Å². The van der Waals surface area contributed by atoms with E-state index in [0.29, 0.717) is 0 Å². The van der Waals surface area contributed by atoms with Crippen LogP contribution in [0.5, 0.6) is 0 Å². The van der Waals surface area contributed by atoms with Gasteiger partial charge in [0.25, 0.3) is 0 Å². The van der Waals surface area contributed by atoms with Gasteiger partial charge in [-0.3, -0.25) is 0 Å². The summed E-state index contributed by atoms with van der Waals surface area (Å²) in [5.74, 6) is 0. The molecule has 0 radical (unpaired) electrons. The Hall–Kier alpha value is -1.05. The molecule has 3 rings (SSSR count). The lowest BCUT2D eigenvalue weighted by Crippen LogP contribution is -1.89. The molecule has 0 spiro atoms. The molecular weight excluding hydrogens is 345 g/mol. The summed E-state index contributed by atoms with van der Waals surface area (Å²) in [5, 5.41) is 0. The van der Waals surface area contributed by atoms with Crippen molar-refractivity contribution in [3.8, 4) is 22.3 Å². The van der Waals surface area contributed by atoms with E-state index in [2.05, 4.69) is 94.4 Å². The van der Waals surface area contributed by atoms with Gasteiger partial charge in [-0.05, 0) is 63.5 Å². The molecule has 3 unspecified atom stereocenters. The summed E-state index contributed by atoms with van der Waals surface area (Å²) in [6, 6.07) is 24.6. The van der Waals surface area contributed by atoms with Gasteiger partial charge in [0.1, 0.15) is 0 Å². The minimum absolute atomic E-state index is 0.965. The van der Waals surface area contributed by atoms with Gasteiger partial charge in [0.05, 0.1) is 0 Å². The average Bonchev–Trinajstić information content (AvgIpc) is 2.67. The molecule has 0 heterocycles. The van der Waals surface area contributed by atoms with Crippen LogP contribution in [-0.4, -0.2) is 0 Å². The summed E-state index contributed by atoms with van der Waals surface area (Å²) >= 11 is 0. The molecule has 0 amide bonds. The van der Waals surface area contributed by atoms with Crippen LogP contribution in [0.25, 0.3) is 22.3 Å². The molecule has 0 aliphatic rings. The first kappa shape index (κ1) is 17.8. The number of rotatable bonds is 5. The van der Waals surface area contributed by atoms with Crippen molar-refractivity contribution >= 4 is 27.7 Å². The second-order valence-electron chi connectivity index (χ2n) is 5.88. The maximum Gasteiger partial charge on any atom is -0.0122 e. The van der Waals surface area contributed by atoms with Gasteiger partial charge in [0.2, 0.25) is 0 Å². The van der Waals surface area contributed by atoms with Crippen molar-refractivity contribution in [3.63, 3.8) is 0 Å². The molecule has 0 saturated carbocycles. The van der Waals surface area contributed by atoms with E-state index >= 15 is 0 Å². The Balaban J connectivity index is 2.03. The zero-order chi connectivity index (χ0) is 16.9. The van der Waals surface area contributed by atoms with Crippen molar-refractivity contribution in [1.29, 1.82) is 0 Å². The molecule has 0 aromatic heterocycles. The van der Waals surface area contributed by atoms with Gasteiger partial charge in [0, 0.05) is 0 Å². The van der Waals surface area contributed by atoms with Gasteiger partial charge < -0.3 is 0 Å². The number of hydrogen-bond acceptors (Lipinski definition) is 0. The molecule has 3 atom stereocenters. The minimum atomic E-state index is 0.965. The standard InChI is InChI=1S/C21H23P3/c22-12-15-1-5-17(6-2-15)19-9-10-20(14-24)21(11-19)18-7-3-16(13-23)4-8-18/h1-11H,12-14,22-24H2. The van der Waals surface area contributed by atoms with Crippen molar-refractivity contribution in [1.82, 2.24) is 0 Å². The Labute approximate surface area is 152 Å². The van der Waals surface area contributed by atoms with Crippen LogP contribution in [0.3, 0.4) is 0 Å². The summed E-state index contributed by atoms with van der Waals surface area (Å²) in [6.07, 6.45) is 2.96. The first-order valence-electron chi connectivity index (χ1n) is 8.17. The molecule has 0 aliphatic carbocycles. The Bertz CT molecular complexity index is 805. The molecule has 0 saturated heterocycles. The fourth-order valence-electron chi connectivity index (χ4n) is 2.86. The van der Waals surface area contributed by atoms with Crippen LogP contribution in [0.4, 0.5) is 0 Å². The predicted molar refractivity (Wildman–Crippen MR) is 118 cm³/mol. The minimum Gasteiger partial charge on any atom is -0.133 e. The first-order chi connectivity index (χ1) is 11.7. The lowest BCUT2D eigenvalue weighted by molar-refractivity contribution is 1.38. The summed E-state index contributed by atoms with van der Waals surface area (Å²) in [7, 11) is 8.41. The van der Waals surface area contributed by atoms with E-state index in [1.807, 2.05) is 0 Å². The third-order valence-electron chi connectivity index (χ3n) is 4.35. The van der Waals surface area contributed by atoms with E-state index in [1.54, 1.807) is 0 Å². The Kier molecular flexibility index (Phi) is 6.19. The molecule has 0 bridgehead atoms. The van der Waals surface area contributed by atoms with Crippen LogP contribution >= 0.6 is 27.7 Å². The van der Waals surface area contributed by atoms with Gasteiger partial charge in [-0.2, -0.15) is 0 Å². The molecule has 122 valence electrons. The van der Waals surface area contributed by atoms with E-state index in [0.717, 1.165) is 18.5 Å². The lowest BCUT2D eigenvalue weighted by atomic mass is 9.94. The Morgan fingerprint density at radius 1 is 0.500 bits per heavy atom. The highest BCUT2D eigenvalue weighted by Crippen LogP contribution is 2.31. The molecule has 0 aliphatic heterocycles. The van der Waals surface area contributed by atoms with Gasteiger partial charge in [0.15, 0.2) is 0 Å². The lowest BCUT2D eigenvalue weighted by Gasteiger charge is -2.12. The van der Waals surface area contributed by atoms with E-state index < -0.39 is 0 Å². The SMILES string of the molecule is PCc1ccc(-c2ccc(CP)c(-c3ccc(CP)cc3)c2)cc1. The Morgan fingerprint density at radius 2 is 1.00 bits per heavy atom. The predicted octanol–water partition coefficient (Wildman–Crippen LogP) is 6.15. The third-order valence-corrected chi connectivity index (χ3v) is 5.74. The summed E-state index contributed by atoms with van der Waals surface area (Å²) in [4.78, 5) is 0. The van der Waals surface area contributed by atoms with Crippen LogP contribution in [0.1, 0.15) is 16.7 Å². The molecule has 0 N–H and O–H groups in total. The fraction of sp³-hybridized carbons (Fsp3) is 0.143. The van der Waals surface area contributed by atoms with E-state index in [9.17, 15) is 0 Å². The highest BCUT2D eigenvalue weighted by Gasteiger charge is 2.07. The van der Waals surface area contributed by atoms with Crippen LogP contribution in [-0.2, 0) is 18.5 Å². The molecular formula is C21H23P3. The maximum absolute atomic E-state index is 2.85. The monoisotopic (exact) mass is 368 g/mol. The third kappa shape index (κ3) is 3.95. The van der Waals surface area contributed by atoms with Gasteiger partial charge >= 0.3 is 0 Å². The molecule has 3 aromatic carbocycles. The second kappa shape index (κ2) is 8.36. The number of benzene rings is 3. The van der Waals surface area contributed by atoms with Crippen LogP contribution < -0.4 is 0 Å². The van der Waals surface area contributed by atoms with Crippen molar-refractivity contribution in [2.45, 2.75) is 18.5 Å². The molecule has 0 fully saturated rings. The number of hydrogen-bond donors (Lipinski definition) is 0. The normalized spacial score (nSPS) is 10.8. The molecule has 24 heavy (non-hydrogen) atoms. The summed E-state index contributed by atoms with van der Waals surface area (Å²) in [6.45, 7) is 0. The highest BCUT2D eigenvalue weighted by molar-refractivity contribution is 7.15. The van der Waals surface area contributed by atoms with Gasteiger partial charge in [-0.1, -0.05) is 60.7 Å². The molecule has 3 aromatic rings. The van der Waals surface area contributed by atoms with E-state index in [4.69, 9.17) is 0 Å². The smallest absolute Gasteiger partial charge is 0.0122 e. The zero-order valence-electron chi connectivity index (χ0n) is 13.7. The van der Waals surface area contributed by atoms with Crippen molar-refractivity contribution in [3.05, 3.63) is 83.4 Å². The maximum atomic E-state index is 2.85. The topological polar surface area (TPSA) is 0 Å². The van der Waals surface area contributed by atoms with Crippen molar-refractivity contribution < 1.29 is 0 Å². The summed E-state index contributed by atoms with van der Waals surface area (Å²) in [5.41, 5.74) is 9.22. The van der Waals surface area contributed by atoms with Crippen molar-refractivity contribution in [2.75, 3.05) is 0 Å². The second-order valence-corrected chi connectivity index (χ2v) is 7.10. The average molecular weight is 368 g/mol. The fourth-order valence-corrected chi connectivity index (χ4v) is 3.76. The largest absolute Gasteiger partial charge is 0.133 e. The van der Waals surface area contributed by atoms with Gasteiger partial charge in [-0.15, -0.1) is 27.7 Å². The highest BCUT2D eigenvalue weighted by atomic mass is 31.0. The van der Waals surface area contributed by atoms with Crippen LogP contribution in [0.15, 0.2) is 66.7 Å². The molecule has 3 heteroatoms. The Morgan fingerprint density at radius 3 is 1.50 bits per heavy atom. The van der Waals surface area contributed by atoms with Gasteiger partial charge in [-0.25, -0.2) is 0 Å². The summed E-state index contributed by atoms with van der Waals surface area (Å²) < 4.78 is 0. The zero-order valence-corrected chi connectivity index (χ0v) is 17.2. The van der Waals surface area contributed by atoms with E-state index in [-0.39, 0.29) is 0 Å². The van der Waals surface area contributed by atoms with Crippen molar-refractivity contribution in [2.24, 2.45) is 0 Å². The van der Waals surface area contributed by atoms with Crippen LogP contribution in [0.2, 0.25) is 0 Å². The quantitative estimate of drug-likeness (QED) is 0.474.